The van der Waals surface area contributed by atoms with E-state index in [1.165, 1.54) is 0 Å². The van der Waals surface area contributed by atoms with Crippen molar-refractivity contribution in [1.82, 2.24) is 9.55 Å². The first-order chi connectivity index (χ1) is 5.57. The molecule has 0 saturated carbocycles. The molecule has 0 fully saturated rings. The second-order valence-corrected chi connectivity index (χ2v) is 3.29. The van der Waals surface area contributed by atoms with Gasteiger partial charge in [0, 0.05) is 13.0 Å². The van der Waals surface area contributed by atoms with Crippen LogP contribution in [-0.4, -0.2) is 9.55 Å². The van der Waals surface area contributed by atoms with Gasteiger partial charge in [0.1, 0.15) is 17.0 Å². The molecule has 0 aliphatic heterocycles. The predicted molar refractivity (Wildman–Crippen MR) is 47.0 cm³/mol. The van der Waals surface area contributed by atoms with E-state index in [4.69, 9.17) is 16.9 Å². The Kier molecular flexibility index (Phi) is 2.39. The number of halogens is 1. The Bertz CT molecular complexity index is 333. The van der Waals surface area contributed by atoms with Gasteiger partial charge in [0.2, 0.25) is 0 Å². The first-order valence-corrected chi connectivity index (χ1v) is 4.08. The average Bonchev–Trinajstić information content (AvgIpc) is 2.30. The zero-order valence-corrected chi connectivity index (χ0v) is 8.05. The van der Waals surface area contributed by atoms with Gasteiger partial charge in [-0.15, -0.1) is 0 Å². The molecule has 1 aromatic rings. The van der Waals surface area contributed by atoms with Crippen LogP contribution in [0, 0.1) is 11.3 Å². The minimum atomic E-state index is 0.287. The van der Waals surface area contributed by atoms with Crippen molar-refractivity contribution in [3.63, 3.8) is 0 Å². The Hall–Kier alpha value is -1.01. The monoisotopic (exact) mass is 183 g/mol. The first kappa shape index (κ1) is 9.08. The summed E-state index contributed by atoms with van der Waals surface area (Å²) in [6.45, 7) is 4.03. The van der Waals surface area contributed by atoms with Gasteiger partial charge in [-0.3, -0.25) is 0 Å². The highest BCUT2D eigenvalue weighted by Crippen LogP contribution is 2.20. The lowest BCUT2D eigenvalue weighted by molar-refractivity contribution is 0.711. The van der Waals surface area contributed by atoms with Gasteiger partial charge in [-0.05, 0) is 0 Å². The Morgan fingerprint density at radius 1 is 1.58 bits per heavy atom. The molecular weight excluding hydrogens is 174 g/mol. The van der Waals surface area contributed by atoms with Crippen LogP contribution in [0.1, 0.15) is 31.3 Å². The van der Waals surface area contributed by atoms with Crippen LogP contribution < -0.4 is 0 Å². The summed E-state index contributed by atoms with van der Waals surface area (Å²) in [5.41, 5.74) is 0.308. The lowest BCUT2D eigenvalue weighted by atomic mass is 10.2. The van der Waals surface area contributed by atoms with E-state index in [-0.39, 0.29) is 5.92 Å². The molecule has 0 aromatic carbocycles. The van der Waals surface area contributed by atoms with Crippen molar-refractivity contribution in [2.75, 3.05) is 0 Å². The largest absolute Gasteiger partial charge is 0.321 e. The van der Waals surface area contributed by atoms with Crippen molar-refractivity contribution in [3.8, 4) is 6.07 Å². The molecule has 0 spiro atoms. The van der Waals surface area contributed by atoms with Gasteiger partial charge < -0.3 is 4.57 Å². The van der Waals surface area contributed by atoms with Gasteiger partial charge in [0.05, 0.1) is 0 Å². The maximum Gasteiger partial charge on any atom is 0.177 e. The van der Waals surface area contributed by atoms with E-state index in [0.717, 1.165) is 5.82 Å². The van der Waals surface area contributed by atoms with Crippen LogP contribution in [0.3, 0.4) is 0 Å². The number of aromatic nitrogens is 2. The molecule has 0 amide bonds. The van der Waals surface area contributed by atoms with Crippen LogP contribution in [0.15, 0.2) is 0 Å². The highest BCUT2D eigenvalue weighted by Gasteiger charge is 2.14. The fraction of sp³-hybridized carbons (Fsp3) is 0.500. The summed E-state index contributed by atoms with van der Waals surface area (Å²) < 4.78 is 1.74. The Balaban J connectivity index is 3.27. The van der Waals surface area contributed by atoms with E-state index in [1.807, 2.05) is 27.0 Å². The van der Waals surface area contributed by atoms with Gasteiger partial charge in [0.25, 0.3) is 0 Å². The molecule has 64 valence electrons. The normalized spacial score (nSPS) is 10.3. The summed E-state index contributed by atoms with van der Waals surface area (Å²) in [6, 6.07) is 1.95. The number of nitriles is 1. The summed E-state index contributed by atoms with van der Waals surface area (Å²) >= 11 is 5.84. The molecular formula is C8H10ClN3. The summed E-state index contributed by atoms with van der Waals surface area (Å²) in [5.74, 6) is 1.13. The number of rotatable bonds is 1. The lowest BCUT2D eigenvalue weighted by Crippen LogP contribution is -1.99. The van der Waals surface area contributed by atoms with Gasteiger partial charge in [-0.2, -0.15) is 5.26 Å². The van der Waals surface area contributed by atoms with Crippen molar-refractivity contribution in [1.29, 1.82) is 5.26 Å². The second kappa shape index (κ2) is 3.16. The average molecular weight is 184 g/mol. The minimum absolute atomic E-state index is 0.287. The van der Waals surface area contributed by atoms with Crippen LogP contribution >= 0.6 is 11.6 Å². The summed E-state index contributed by atoms with van der Waals surface area (Å²) in [7, 11) is 1.81. The molecule has 0 radical (unpaired) electrons. The quantitative estimate of drug-likeness (QED) is 0.669. The Morgan fingerprint density at radius 2 is 2.17 bits per heavy atom. The zero-order chi connectivity index (χ0) is 9.30. The van der Waals surface area contributed by atoms with Crippen LogP contribution in [-0.2, 0) is 7.05 Å². The highest BCUT2D eigenvalue weighted by atomic mass is 35.5. The zero-order valence-electron chi connectivity index (χ0n) is 7.30. The van der Waals surface area contributed by atoms with E-state index >= 15 is 0 Å². The first-order valence-electron chi connectivity index (χ1n) is 3.70. The van der Waals surface area contributed by atoms with Crippen molar-refractivity contribution in [3.05, 3.63) is 16.7 Å². The maximum absolute atomic E-state index is 8.63. The SMILES string of the molecule is CC(C)c1nc(C#N)c(Cl)n1C. The molecule has 1 aromatic heterocycles. The molecule has 0 saturated heterocycles. The maximum atomic E-state index is 8.63. The molecule has 3 nitrogen and oxygen atoms in total. The van der Waals surface area contributed by atoms with Gasteiger partial charge in [-0.1, -0.05) is 25.4 Å². The van der Waals surface area contributed by atoms with Crippen molar-refractivity contribution < 1.29 is 0 Å². The molecule has 4 heteroatoms. The van der Waals surface area contributed by atoms with Crippen LogP contribution in [0.25, 0.3) is 0 Å². The second-order valence-electron chi connectivity index (χ2n) is 2.93. The summed E-state index contributed by atoms with van der Waals surface area (Å²) in [6.07, 6.45) is 0. The van der Waals surface area contributed by atoms with E-state index < -0.39 is 0 Å². The molecule has 0 aliphatic carbocycles. The molecule has 1 rings (SSSR count). The third-order valence-electron chi connectivity index (χ3n) is 1.68. The predicted octanol–water partition coefficient (Wildman–Crippen LogP) is 2.07. The van der Waals surface area contributed by atoms with E-state index in [9.17, 15) is 0 Å². The standard InChI is InChI=1S/C8H10ClN3/c1-5(2)8-11-6(4-10)7(9)12(8)3/h5H,1-3H3. The summed E-state index contributed by atoms with van der Waals surface area (Å²) in [5, 5.41) is 9.05. The fourth-order valence-electron chi connectivity index (χ4n) is 1.08. The van der Waals surface area contributed by atoms with Crippen molar-refractivity contribution >= 4 is 11.6 Å². The van der Waals surface area contributed by atoms with E-state index in [2.05, 4.69) is 4.98 Å². The molecule has 0 unspecified atom stereocenters. The smallest absolute Gasteiger partial charge is 0.177 e. The van der Waals surface area contributed by atoms with E-state index in [0.29, 0.717) is 10.8 Å². The Labute approximate surface area is 76.6 Å². The topological polar surface area (TPSA) is 41.6 Å². The molecule has 0 aliphatic rings. The van der Waals surface area contributed by atoms with Crippen LogP contribution in [0.5, 0.6) is 0 Å². The molecule has 12 heavy (non-hydrogen) atoms. The summed E-state index contributed by atoms with van der Waals surface area (Å²) in [4.78, 5) is 4.10. The minimum Gasteiger partial charge on any atom is -0.321 e. The molecule has 0 N–H and O–H groups in total. The van der Waals surface area contributed by atoms with Crippen molar-refractivity contribution in [2.45, 2.75) is 19.8 Å². The van der Waals surface area contributed by atoms with Crippen LogP contribution in [0.4, 0.5) is 0 Å². The lowest BCUT2D eigenvalue weighted by Gasteiger charge is -2.03. The van der Waals surface area contributed by atoms with Gasteiger partial charge in [-0.25, -0.2) is 4.98 Å². The molecule has 0 bridgehead atoms. The third-order valence-corrected chi connectivity index (χ3v) is 2.11. The Morgan fingerprint density at radius 3 is 2.42 bits per heavy atom. The van der Waals surface area contributed by atoms with Gasteiger partial charge >= 0.3 is 0 Å². The number of nitrogens with zero attached hydrogens (tertiary/aromatic N) is 3. The number of imidazole rings is 1. The van der Waals surface area contributed by atoms with E-state index in [1.54, 1.807) is 4.57 Å². The van der Waals surface area contributed by atoms with Gasteiger partial charge in [0.15, 0.2) is 5.69 Å². The van der Waals surface area contributed by atoms with Crippen molar-refractivity contribution in [2.24, 2.45) is 7.05 Å². The third kappa shape index (κ3) is 1.30. The molecule has 1 heterocycles. The molecule has 0 atom stereocenters. The fourth-order valence-corrected chi connectivity index (χ4v) is 1.25. The highest BCUT2D eigenvalue weighted by molar-refractivity contribution is 6.30. The number of hydrogen-bond acceptors (Lipinski definition) is 2. The number of hydrogen-bond donors (Lipinski definition) is 0. The van der Waals surface area contributed by atoms with Crippen LogP contribution in [0.2, 0.25) is 5.15 Å².